The smallest absolute Gasteiger partial charge is 0.222 e. The molecule has 6 rings (SSSR count). The molecule has 1 aromatic heterocycles. The summed E-state index contributed by atoms with van der Waals surface area (Å²) >= 11 is 1.47. The molecular weight excluding hydrogens is 360 g/mol. The largest absolute Gasteiger partial charge is 0.309 e. The number of hydrogen-bond acceptors (Lipinski definition) is 9. The molecule has 27 heavy (non-hydrogen) atoms. The van der Waals surface area contributed by atoms with Crippen LogP contribution in [0.25, 0.3) is 0 Å². The molecule has 9 heteroatoms. The quantitative estimate of drug-likeness (QED) is 0.692. The highest BCUT2D eigenvalue weighted by molar-refractivity contribution is 7.03. The lowest BCUT2D eigenvalue weighted by Crippen LogP contribution is -2.78. The van der Waals surface area contributed by atoms with Crippen LogP contribution in [0.3, 0.4) is 0 Å². The lowest BCUT2D eigenvalue weighted by atomic mass is 10.2. The Hall–Kier alpha value is -1.10. The van der Waals surface area contributed by atoms with E-state index in [4.69, 9.17) is 0 Å². The van der Waals surface area contributed by atoms with Crippen molar-refractivity contribution in [2.24, 2.45) is 0 Å². The minimum absolute atomic E-state index is 0.186. The number of rotatable bonds is 5. The summed E-state index contributed by atoms with van der Waals surface area (Å²) < 4.78 is 4.20. The van der Waals surface area contributed by atoms with Crippen molar-refractivity contribution in [1.29, 1.82) is 0 Å². The predicted octanol–water partition coefficient (Wildman–Crippen LogP) is 0.975. The van der Waals surface area contributed by atoms with Gasteiger partial charge in [0.15, 0.2) is 0 Å². The first-order valence-corrected chi connectivity index (χ1v) is 11.2. The highest BCUT2D eigenvalue weighted by Gasteiger charge is 2.65. The third-order valence-corrected chi connectivity index (χ3v) is 7.19. The van der Waals surface area contributed by atoms with Gasteiger partial charge in [0.1, 0.15) is 0 Å². The van der Waals surface area contributed by atoms with Crippen molar-refractivity contribution < 1.29 is 0 Å². The molecular formula is C18H28N8S. The predicted molar refractivity (Wildman–Crippen MR) is 103 cm³/mol. The van der Waals surface area contributed by atoms with Gasteiger partial charge >= 0.3 is 0 Å². The van der Waals surface area contributed by atoms with Crippen LogP contribution in [0, 0.1) is 0 Å². The fraction of sp³-hybridized carbons (Fsp3) is 0.778. The van der Waals surface area contributed by atoms with Gasteiger partial charge in [0.2, 0.25) is 5.91 Å². The summed E-state index contributed by atoms with van der Waals surface area (Å²) in [5.41, 5.74) is 1.13. The van der Waals surface area contributed by atoms with Crippen LogP contribution in [0.5, 0.6) is 0 Å². The molecule has 5 aliphatic heterocycles. The molecule has 4 fully saturated rings. The van der Waals surface area contributed by atoms with E-state index in [1.807, 2.05) is 0 Å². The van der Waals surface area contributed by atoms with Crippen molar-refractivity contribution in [3.05, 3.63) is 23.3 Å². The van der Waals surface area contributed by atoms with Crippen molar-refractivity contribution in [3.8, 4) is 0 Å². The molecule has 0 aromatic carbocycles. The van der Waals surface area contributed by atoms with E-state index in [2.05, 4.69) is 57.1 Å². The standard InChI is InChI=1S/C18H28N8S/c1-2-7-21(6-1)18(22-8-5-9-22)25(23-10-3-4-11-23)14-17(16-15-27-20-19-16)26(18)24-12-13-24/h3,10,15,17H,1-2,4-9,11-14H2. The molecule has 0 aliphatic carbocycles. The van der Waals surface area contributed by atoms with Gasteiger partial charge in [-0.25, -0.2) is 5.01 Å². The summed E-state index contributed by atoms with van der Waals surface area (Å²) in [6, 6.07) is 0.265. The minimum Gasteiger partial charge on any atom is -0.309 e. The van der Waals surface area contributed by atoms with Gasteiger partial charge in [-0.3, -0.25) is 9.80 Å². The van der Waals surface area contributed by atoms with Gasteiger partial charge < -0.3 is 5.01 Å². The second kappa shape index (κ2) is 6.47. The third kappa shape index (κ3) is 2.46. The molecule has 0 amide bonds. The summed E-state index contributed by atoms with van der Waals surface area (Å²) in [6.45, 7) is 9.07. The molecule has 2 atom stereocenters. The average molecular weight is 389 g/mol. The van der Waals surface area contributed by atoms with Crippen LogP contribution in [-0.2, 0) is 0 Å². The molecule has 6 heterocycles. The monoisotopic (exact) mass is 388 g/mol. The van der Waals surface area contributed by atoms with E-state index < -0.39 is 0 Å². The first-order valence-electron chi connectivity index (χ1n) is 10.4. The molecule has 0 saturated carbocycles. The molecule has 4 saturated heterocycles. The average Bonchev–Trinajstić information content (AvgIpc) is 3.19. The summed E-state index contributed by atoms with van der Waals surface area (Å²) in [5, 5.41) is 17.0. The maximum Gasteiger partial charge on any atom is 0.222 e. The van der Waals surface area contributed by atoms with Crippen LogP contribution in [0.1, 0.15) is 37.4 Å². The topological polar surface area (TPSA) is 45.0 Å². The first kappa shape index (κ1) is 16.8. The van der Waals surface area contributed by atoms with E-state index in [1.165, 1.54) is 57.0 Å². The zero-order valence-electron chi connectivity index (χ0n) is 15.8. The second-order valence-corrected chi connectivity index (χ2v) is 8.81. The van der Waals surface area contributed by atoms with Crippen LogP contribution >= 0.6 is 11.5 Å². The normalized spacial score (nSPS) is 36.1. The molecule has 0 N–H and O–H groups in total. The Labute approximate surface area is 164 Å². The Kier molecular flexibility index (Phi) is 4.03. The van der Waals surface area contributed by atoms with Gasteiger partial charge in [-0.15, -0.1) is 5.10 Å². The number of likely N-dealkylation sites (tertiary alicyclic amines) is 2. The van der Waals surface area contributed by atoms with E-state index in [-0.39, 0.29) is 12.0 Å². The van der Waals surface area contributed by atoms with E-state index in [0.717, 1.165) is 38.3 Å². The lowest BCUT2D eigenvalue weighted by molar-refractivity contribution is -0.313. The lowest BCUT2D eigenvalue weighted by Gasteiger charge is -2.59. The van der Waals surface area contributed by atoms with Crippen LogP contribution in [0.15, 0.2) is 17.7 Å². The maximum atomic E-state index is 4.52. The van der Waals surface area contributed by atoms with Crippen molar-refractivity contribution in [3.63, 3.8) is 0 Å². The summed E-state index contributed by atoms with van der Waals surface area (Å²) in [5.74, 6) is -0.186. The van der Waals surface area contributed by atoms with Gasteiger partial charge in [-0.05, 0) is 37.2 Å². The number of hydrazine groups is 2. The molecule has 0 spiro atoms. The van der Waals surface area contributed by atoms with Gasteiger partial charge in [0.05, 0.1) is 11.7 Å². The minimum atomic E-state index is -0.186. The molecule has 0 radical (unpaired) electrons. The van der Waals surface area contributed by atoms with Crippen LogP contribution < -0.4 is 0 Å². The van der Waals surface area contributed by atoms with Gasteiger partial charge in [-0.2, -0.15) is 10.0 Å². The summed E-state index contributed by atoms with van der Waals surface area (Å²) in [6.07, 6.45) is 9.65. The van der Waals surface area contributed by atoms with Crippen molar-refractivity contribution in [2.45, 2.75) is 37.6 Å². The fourth-order valence-electron chi connectivity index (χ4n) is 5.28. The SMILES string of the molecule is C1=CN(N2CC(c3csnn3)N(N3CC3)C2(N2CCCC2)N2CCC2)CC1. The Morgan fingerprint density at radius 1 is 0.963 bits per heavy atom. The fourth-order valence-corrected chi connectivity index (χ4v) is 5.78. The van der Waals surface area contributed by atoms with E-state index in [0.29, 0.717) is 0 Å². The molecule has 8 nitrogen and oxygen atoms in total. The van der Waals surface area contributed by atoms with Crippen LogP contribution in [0.2, 0.25) is 0 Å². The third-order valence-electron chi connectivity index (χ3n) is 6.66. The zero-order valence-corrected chi connectivity index (χ0v) is 16.6. The molecule has 2 unspecified atom stereocenters. The van der Waals surface area contributed by atoms with Crippen molar-refractivity contribution in [1.82, 2.24) is 39.4 Å². The number of hydrogen-bond donors (Lipinski definition) is 0. The highest BCUT2D eigenvalue weighted by atomic mass is 32.1. The highest BCUT2D eigenvalue weighted by Crippen LogP contribution is 2.49. The Balaban J connectivity index is 1.49. The Morgan fingerprint density at radius 2 is 1.74 bits per heavy atom. The van der Waals surface area contributed by atoms with Crippen molar-refractivity contribution in [2.75, 3.05) is 52.4 Å². The van der Waals surface area contributed by atoms with Gasteiger partial charge in [0, 0.05) is 63.9 Å². The number of aromatic nitrogens is 2. The van der Waals surface area contributed by atoms with E-state index in [1.54, 1.807) is 0 Å². The van der Waals surface area contributed by atoms with Crippen LogP contribution in [0.4, 0.5) is 0 Å². The summed E-state index contributed by atoms with van der Waals surface area (Å²) in [4.78, 5) is 5.46. The molecule has 1 aromatic rings. The number of nitrogens with zero attached hydrogens (tertiary/aromatic N) is 8. The molecule has 0 bridgehead atoms. The van der Waals surface area contributed by atoms with E-state index in [9.17, 15) is 0 Å². The first-order chi connectivity index (χ1) is 13.4. The van der Waals surface area contributed by atoms with E-state index >= 15 is 0 Å². The Morgan fingerprint density at radius 3 is 2.30 bits per heavy atom. The summed E-state index contributed by atoms with van der Waals surface area (Å²) in [7, 11) is 0. The zero-order chi connectivity index (χ0) is 17.8. The van der Waals surface area contributed by atoms with Crippen molar-refractivity contribution >= 4 is 11.5 Å². The Bertz CT molecular complexity index is 696. The van der Waals surface area contributed by atoms with Crippen LogP contribution in [-0.4, -0.2) is 97.7 Å². The van der Waals surface area contributed by atoms with Gasteiger partial charge in [-0.1, -0.05) is 10.6 Å². The van der Waals surface area contributed by atoms with Gasteiger partial charge in [0.25, 0.3) is 0 Å². The second-order valence-electron chi connectivity index (χ2n) is 8.20. The molecule has 146 valence electrons. The molecule has 5 aliphatic rings. The maximum absolute atomic E-state index is 4.52.